The molecule has 3 aromatic rings. The first-order chi connectivity index (χ1) is 15.6. The second-order valence-electron chi connectivity index (χ2n) is 8.11. The number of hydrazine groups is 1. The first-order valence-corrected chi connectivity index (χ1v) is 10.5. The molecule has 1 fully saturated rings. The molecule has 164 valence electrons. The van der Waals surface area contributed by atoms with Gasteiger partial charge in [0.15, 0.2) is 0 Å². The first-order valence-electron chi connectivity index (χ1n) is 10.5. The zero-order chi connectivity index (χ0) is 22.1. The van der Waals surface area contributed by atoms with Gasteiger partial charge in [-0.1, -0.05) is 18.2 Å². The molecule has 0 unspecified atom stereocenters. The number of halogens is 2. The minimum Gasteiger partial charge on any atom is -0.379 e. The van der Waals surface area contributed by atoms with Crippen LogP contribution in [0, 0.1) is 11.9 Å². The van der Waals surface area contributed by atoms with Gasteiger partial charge in [0.05, 0.1) is 24.3 Å². The van der Waals surface area contributed by atoms with Crippen molar-refractivity contribution in [3.05, 3.63) is 89.5 Å². The quantitative estimate of drug-likeness (QED) is 0.576. The summed E-state index contributed by atoms with van der Waals surface area (Å²) in [4.78, 5) is 21.5. The number of anilines is 1. The van der Waals surface area contributed by atoms with Gasteiger partial charge in [0.1, 0.15) is 0 Å². The molecular weight excluding hydrogens is 414 g/mol. The van der Waals surface area contributed by atoms with E-state index in [9.17, 15) is 13.6 Å². The maximum absolute atomic E-state index is 14.2. The SMILES string of the molecule is O=C1N(N2CCOCC2)c2ccccc2C1(Cc1ccnc(F)c1)Cc1ccnc(F)c1. The summed E-state index contributed by atoms with van der Waals surface area (Å²) in [6.45, 7) is 2.24. The Morgan fingerprint density at radius 1 is 0.906 bits per heavy atom. The highest BCUT2D eigenvalue weighted by atomic mass is 19.1. The zero-order valence-electron chi connectivity index (χ0n) is 17.4. The van der Waals surface area contributed by atoms with Gasteiger partial charge in [-0.15, -0.1) is 0 Å². The van der Waals surface area contributed by atoms with Gasteiger partial charge in [-0.2, -0.15) is 8.78 Å². The van der Waals surface area contributed by atoms with Gasteiger partial charge in [-0.3, -0.25) is 4.79 Å². The molecule has 0 spiro atoms. The fourth-order valence-electron chi connectivity index (χ4n) is 4.73. The van der Waals surface area contributed by atoms with Crippen LogP contribution in [0.25, 0.3) is 0 Å². The molecule has 8 heteroatoms. The van der Waals surface area contributed by atoms with E-state index < -0.39 is 17.3 Å². The molecule has 0 radical (unpaired) electrons. The molecule has 6 nitrogen and oxygen atoms in total. The number of hydrogen-bond donors (Lipinski definition) is 0. The van der Waals surface area contributed by atoms with E-state index in [0.29, 0.717) is 37.4 Å². The van der Waals surface area contributed by atoms with E-state index in [0.717, 1.165) is 11.3 Å². The molecule has 2 aliphatic rings. The molecule has 0 aliphatic carbocycles. The molecule has 1 saturated heterocycles. The largest absolute Gasteiger partial charge is 0.379 e. The molecule has 0 bridgehead atoms. The molecule has 1 amide bonds. The third-order valence-corrected chi connectivity index (χ3v) is 6.11. The number of pyridine rings is 2. The van der Waals surface area contributed by atoms with Gasteiger partial charge < -0.3 is 4.74 Å². The lowest BCUT2D eigenvalue weighted by atomic mass is 9.72. The van der Waals surface area contributed by atoms with Crippen LogP contribution in [-0.4, -0.2) is 47.2 Å². The van der Waals surface area contributed by atoms with E-state index in [2.05, 4.69) is 9.97 Å². The van der Waals surface area contributed by atoms with E-state index in [1.54, 1.807) is 17.1 Å². The van der Waals surface area contributed by atoms with Crippen molar-refractivity contribution in [3.63, 3.8) is 0 Å². The van der Waals surface area contributed by atoms with Crippen LogP contribution < -0.4 is 5.01 Å². The first kappa shape index (κ1) is 20.7. The summed E-state index contributed by atoms with van der Waals surface area (Å²) >= 11 is 0. The van der Waals surface area contributed by atoms with Gasteiger partial charge in [0, 0.05) is 25.5 Å². The Morgan fingerprint density at radius 2 is 1.50 bits per heavy atom. The number of carbonyl (C=O) groups is 1. The number of hydrogen-bond acceptors (Lipinski definition) is 5. The van der Waals surface area contributed by atoms with Crippen LogP contribution >= 0.6 is 0 Å². The second-order valence-corrected chi connectivity index (χ2v) is 8.11. The summed E-state index contributed by atoms with van der Waals surface area (Å²) in [6, 6.07) is 13.8. The summed E-state index contributed by atoms with van der Waals surface area (Å²) in [5, 5.41) is 3.72. The Hall–Kier alpha value is -3.23. The number of amides is 1. The molecule has 32 heavy (non-hydrogen) atoms. The van der Waals surface area contributed by atoms with E-state index in [4.69, 9.17) is 4.74 Å². The van der Waals surface area contributed by atoms with Crippen molar-refractivity contribution in [2.45, 2.75) is 18.3 Å². The normalized spacial score (nSPS) is 18.1. The third-order valence-electron chi connectivity index (χ3n) is 6.11. The Balaban J connectivity index is 1.65. The molecule has 1 aromatic carbocycles. The van der Waals surface area contributed by atoms with Crippen LogP contribution in [0.3, 0.4) is 0 Å². The van der Waals surface area contributed by atoms with Crippen molar-refractivity contribution in [2.24, 2.45) is 0 Å². The lowest BCUT2D eigenvalue weighted by Gasteiger charge is -2.36. The van der Waals surface area contributed by atoms with Crippen molar-refractivity contribution in [2.75, 3.05) is 31.3 Å². The fourth-order valence-corrected chi connectivity index (χ4v) is 4.73. The minimum absolute atomic E-state index is 0.116. The number of benzene rings is 1. The van der Waals surface area contributed by atoms with Gasteiger partial charge in [-0.05, 0) is 59.9 Å². The summed E-state index contributed by atoms with van der Waals surface area (Å²) < 4.78 is 33.3. The van der Waals surface area contributed by atoms with Gasteiger partial charge in [0.25, 0.3) is 5.91 Å². The highest BCUT2D eigenvalue weighted by Gasteiger charge is 2.52. The van der Waals surface area contributed by atoms with Crippen LogP contribution in [0.1, 0.15) is 16.7 Å². The fraction of sp³-hybridized carbons (Fsp3) is 0.292. The number of nitrogens with zero attached hydrogens (tertiary/aromatic N) is 4. The average Bonchev–Trinajstić information content (AvgIpc) is 3.02. The molecule has 4 heterocycles. The predicted octanol–water partition coefficient (Wildman–Crippen LogP) is 3.07. The summed E-state index contributed by atoms with van der Waals surface area (Å²) in [5.74, 6) is -1.32. The smallest absolute Gasteiger partial charge is 0.252 e. The number of para-hydroxylation sites is 1. The van der Waals surface area contributed by atoms with E-state index in [-0.39, 0.29) is 18.7 Å². The lowest BCUT2D eigenvalue weighted by Crippen LogP contribution is -2.54. The van der Waals surface area contributed by atoms with Crippen molar-refractivity contribution < 1.29 is 18.3 Å². The number of ether oxygens (including phenoxy) is 1. The summed E-state index contributed by atoms with van der Waals surface area (Å²) in [6.07, 6.45) is 3.31. The highest BCUT2D eigenvalue weighted by Crippen LogP contribution is 2.46. The average molecular weight is 436 g/mol. The van der Waals surface area contributed by atoms with Gasteiger partial charge in [-0.25, -0.2) is 20.0 Å². The minimum atomic E-state index is -1.03. The van der Waals surface area contributed by atoms with Crippen LogP contribution in [0.5, 0.6) is 0 Å². The molecule has 5 rings (SSSR count). The van der Waals surface area contributed by atoms with Gasteiger partial charge in [0.2, 0.25) is 11.9 Å². The van der Waals surface area contributed by atoms with E-state index in [1.165, 1.54) is 24.5 Å². The maximum atomic E-state index is 14.2. The third kappa shape index (κ3) is 3.65. The van der Waals surface area contributed by atoms with Crippen molar-refractivity contribution in [3.8, 4) is 0 Å². The lowest BCUT2D eigenvalue weighted by molar-refractivity contribution is -0.127. The number of carbonyl (C=O) groups excluding carboxylic acids is 1. The summed E-state index contributed by atoms with van der Waals surface area (Å²) in [7, 11) is 0. The Kier molecular flexibility index (Phi) is 5.40. The van der Waals surface area contributed by atoms with Crippen molar-refractivity contribution >= 4 is 11.6 Å². The van der Waals surface area contributed by atoms with E-state index in [1.807, 2.05) is 29.3 Å². The van der Waals surface area contributed by atoms with Gasteiger partial charge >= 0.3 is 0 Å². The topological polar surface area (TPSA) is 58.6 Å². The van der Waals surface area contributed by atoms with Crippen LogP contribution in [0.2, 0.25) is 0 Å². The molecular formula is C24H22F2N4O2. The maximum Gasteiger partial charge on any atom is 0.252 e. The Labute approximate surface area is 184 Å². The molecule has 0 saturated carbocycles. The summed E-state index contributed by atoms with van der Waals surface area (Å²) in [5.41, 5.74) is 1.91. The molecule has 2 aromatic heterocycles. The van der Waals surface area contributed by atoms with Crippen LogP contribution in [-0.2, 0) is 27.8 Å². The van der Waals surface area contributed by atoms with Crippen LogP contribution in [0.4, 0.5) is 14.5 Å². The van der Waals surface area contributed by atoms with Crippen LogP contribution in [0.15, 0.2) is 60.9 Å². The Bertz CT molecular complexity index is 1100. The van der Waals surface area contributed by atoms with Crippen molar-refractivity contribution in [1.82, 2.24) is 15.0 Å². The molecule has 0 N–H and O–H groups in total. The molecule has 0 atom stereocenters. The second kappa shape index (κ2) is 8.37. The predicted molar refractivity (Wildman–Crippen MR) is 114 cm³/mol. The number of aromatic nitrogens is 2. The monoisotopic (exact) mass is 436 g/mol. The van der Waals surface area contributed by atoms with E-state index >= 15 is 0 Å². The zero-order valence-corrected chi connectivity index (χ0v) is 17.4. The van der Waals surface area contributed by atoms with Crippen molar-refractivity contribution in [1.29, 1.82) is 0 Å². The number of morpholine rings is 1. The molecule has 2 aliphatic heterocycles. The number of fused-ring (bicyclic) bond motifs is 1. The Morgan fingerprint density at radius 3 is 2.09 bits per heavy atom. The highest BCUT2D eigenvalue weighted by molar-refractivity contribution is 6.08. The standard InChI is InChI=1S/C24H22F2N4O2/c25-21-13-17(5-7-27-21)15-24(16-18-6-8-28-22(26)14-18)19-3-1-2-4-20(19)30(23(24)31)29-9-11-32-12-10-29/h1-8,13-14H,9-12,15-16H2. The number of rotatable bonds is 5.